The van der Waals surface area contributed by atoms with E-state index in [1.54, 1.807) is 0 Å². The second-order valence-corrected chi connectivity index (χ2v) is 4.23. The molecule has 0 aliphatic rings. The van der Waals surface area contributed by atoms with Gasteiger partial charge in [-0.2, -0.15) is 5.10 Å². The van der Waals surface area contributed by atoms with Crippen LogP contribution in [0.2, 0.25) is 0 Å². The zero-order chi connectivity index (χ0) is 14.2. The lowest BCUT2D eigenvalue weighted by atomic mass is 10.3. The van der Waals surface area contributed by atoms with Crippen LogP contribution < -0.4 is 0 Å². The Bertz CT molecular complexity index is 690. The number of nitrogens with zero attached hydrogens (tertiary/aromatic N) is 4. The number of H-pyrrole nitrogens is 1. The molecule has 2 aromatic rings. The van der Waals surface area contributed by atoms with Crippen molar-refractivity contribution in [1.82, 2.24) is 10.2 Å². The molecule has 0 radical (unpaired) electrons. The van der Waals surface area contributed by atoms with Crippen LogP contribution in [-0.4, -0.2) is 25.0 Å². The summed E-state index contributed by atoms with van der Waals surface area (Å²) in [5.74, 6) is 0. The van der Waals surface area contributed by atoms with Crippen molar-refractivity contribution in [2.24, 2.45) is 0 Å². The van der Waals surface area contributed by atoms with E-state index >= 15 is 0 Å². The molecule has 0 aliphatic heterocycles. The highest BCUT2D eigenvalue weighted by Crippen LogP contribution is 2.43. The van der Waals surface area contributed by atoms with E-state index in [-0.39, 0.29) is 10.6 Å². The molecule has 1 N–H and O–H groups in total. The number of nitro groups is 3. The number of hydrogen-bond acceptors (Lipinski definition) is 8. The van der Waals surface area contributed by atoms with Gasteiger partial charge in [-0.1, -0.05) is 11.3 Å². The molecule has 0 aromatic carbocycles. The van der Waals surface area contributed by atoms with Crippen LogP contribution in [0.5, 0.6) is 0 Å². The van der Waals surface area contributed by atoms with Gasteiger partial charge in [0.2, 0.25) is 0 Å². The number of aromatic amines is 1. The first-order valence-electron chi connectivity index (χ1n) is 4.52. The summed E-state index contributed by atoms with van der Waals surface area (Å²) in [5.41, 5.74) is -1.29. The smallest absolute Gasteiger partial charge is 0.270 e. The third kappa shape index (κ3) is 2.11. The molecule has 12 heteroatoms. The van der Waals surface area contributed by atoms with Crippen molar-refractivity contribution >= 4 is 27.7 Å². The van der Waals surface area contributed by atoms with Crippen molar-refractivity contribution < 1.29 is 14.8 Å². The second kappa shape index (κ2) is 4.41. The van der Waals surface area contributed by atoms with Crippen molar-refractivity contribution in [3.8, 4) is 10.6 Å². The molecule has 0 fully saturated rings. The number of rotatable bonds is 4. The third-order valence-corrected chi connectivity index (χ3v) is 3.21. The van der Waals surface area contributed by atoms with E-state index < -0.39 is 31.1 Å². The standard InChI is InChI=1S/C7H3N5O6S/c13-10(14)3-1-5(12(17)18)19-7(3)6-4(11(15)16)2-8-9-6/h1-2H,(H,8,9). The first-order chi connectivity index (χ1) is 8.91. The highest BCUT2D eigenvalue weighted by Gasteiger charge is 2.31. The molecule has 0 bridgehead atoms. The van der Waals surface area contributed by atoms with Gasteiger partial charge in [-0.3, -0.25) is 35.4 Å². The van der Waals surface area contributed by atoms with E-state index in [1.807, 2.05) is 0 Å². The van der Waals surface area contributed by atoms with E-state index in [9.17, 15) is 30.3 Å². The summed E-state index contributed by atoms with van der Waals surface area (Å²) in [7, 11) is 0. The summed E-state index contributed by atoms with van der Waals surface area (Å²) in [6.45, 7) is 0. The summed E-state index contributed by atoms with van der Waals surface area (Å²) in [5, 5.41) is 37.3. The van der Waals surface area contributed by atoms with Crippen molar-refractivity contribution in [2.75, 3.05) is 0 Å². The van der Waals surface area contributed by atoms with Crippen LogP contribution in [0.1, 0.15) is 0 Å². The van der Waals surface area contributed by atoms with Gasteiger partial charge in [-0.25, -0.2) is 0 Å². The molecular formula is C7H3N5O6S. The minimum atomic E-state index is -0.844. The topological polar surface area (TPSA) is 158 Å². The molecule has 19 heavy (non-hydrogen) atoms. The van der Waals surface area contributed by atoms with E-state index in [0.717, 1.165) is 12.3 Å². The zero-order valence-corrected chi connectivity index (χ0v) is 9.62. The maximum Gasteiger partial charge on any atom is 0.331 e. The van der Waals surface area contributed by atoms with Crippen LogP contribution >= 0.6 is 11.3 Å². The van der Waals surface area contributed by atoms with Crippen LogP contribution in [0.4, 0.5) is 16.4 Å². The van der Waals surface area contributed by atoms with Gasteiger partial charge < -0.3 is 0 Å². The fourth-order valence-electron chi connectivity index (χ4n) is 1.36. The molecule has 98 valence electrons. The van der Waals surface area contributed by atoms with Gasteiger partial charge in [-0.05, 0) is 0 Å². The molecular weight excluding hydrogens is 282 g/mol. The maximum atomic E-state index is 10.8. The van der Waals surface area contributed by atoms with Crippen molar-refractivity contribution in [3.63, 3.8) is 0 Å². The van der Waals surface area contributed by atoms with Gasteiger partial charge in [0.15, 0.2) is 5.69 Å². The first-order valence-corrected chi connectivity index (χ1v) is 5.34. The highest BCUT2D eigenvalue weighted by molar-refractivity contribution is 7.19. The molecule has 0 aliphatic carbocycles. The van der Waals surface area contributed by atoms with E-state index in [0.29, 0.717) is 11.3 Å². The van der Waals surface area contributed by atoms with Crippen LogP contribution in [0.15, 0.2) is 12.3 Å². The van der Waals surface area contributed by atoms with E-state index in [2.05, 4.69) is 10.2 Å². The molecule has 0 spiro atoms. The Kier molecular flexibility index (Phi) is 2.92. The Hall–Kier alpha value is -2.89. The lowest BCUT2D eigenvalue weighted by Crippen LogP contribution is -1.91. The molecule has 2 rings (SSSR count). The first kappa shape index (κ1) is 12.6. The number of thiophene rings is 1. The molecule has 11 nitrogen and oxygen atoms in total. The van der Waals surface area contributed by atoms with Gasteiger partial charge in [0.05, 0.1) is 14.8 Å². The summed E-state index contributed by atoms with van der Waals surface area (Å²) >= 11 is 0.469. The molecule has 0 saturated carbocycles. The lowest BCUT2D eigenvalue weighted by molar-refractivity contribution is -0.390. The van der Waals surface area contributed by atoms with Gasteiger partial charge in [0, 0.05) is 0 Å². The molecule has 0 unspecified atom stereocenters. The van der Waals surface area contributed by atoms with Crippen molar-refractivity contribution in [2.45, 2.75) is 0 Å². The Labute approximate surface area is 106 Å². The monoisotopic (exact) mass is 285 g/mol. The van der Waals surface area contributed by atoms with Crippen LogP contribution in [0, 0.1) is 30.3 Å². The molecule has 0 amide bonds. The molecule has 0 saturated heterocycles. The highest BCUT2D eigenvalue weighted by atomic mass is 32.1. The number of nitrogens with one attached hydrogen (secondary N) is 1. The van der Waals surface area contributed by atoms with E-state index in [4.69, 9.17) is 0 Å². The average Bonchev–Trinajstić information content (AvgIpc) is 2.95. The predicted molar refractivity (Wildman–Crippen MR) is 61.9 cm³/mol. The number of hydrogen-bond donors (Lipinski definition) is 1. The van der Waals surface area contributed by atoms with Gasteiger partial charge in [0.1, 0.15) is 17.1 Å². The second-order valence-electron chi connectivity index (χ2n) is 3.20. The quantitative estimate of drug-likeness (QED) is 0.662. The third-order valence-electron chi connectivity index (χ3n) is 2.12. The zero-order valence-electron chi connectivity index (χ0n) is 8.80. The Morgan fingerprint density at radius 2 is 1.68 bits per heavy atom. The van der Waals surface area contributed by atoms with Crippen LogP contribution in [0.25, 0.3) is 10.6 Å². The number of aromatic nitrogens is 2. The van der Waals surface area contributed by atoms with Gasteiger partial charge in [0.25, 0.3) is 5.69 Å². The lowest BCUT2D eigenvalue weighted by Gasteiger charge is -1.92. The molecule has 2 heterocycles. The molecule has 2 aromatic heterocycles. The Morgan fingerprint density at radius 1 is 1.05 bits per heavy atom. The summed E-state index contributed by atoms with van der Waals surface area (Å²) in [6, 6.07) is 0.755. The van der Waals surface area contributed by atoms with Crippen LogP contribution in [0.3, 0.4) is 0 Å². The average molecular weight is 285 g/mol. The summed E-state index contributed by atoms with van der Waals surface area (Å²) in [4.78, 5) is 29.5. The minimum absolute atomic E-state index is 0.207. The normalized spacial score (nSPS) is 10.3. The summed E-state index contributed by atoms with van der Waals surface area (Å²) < 4.78 is 0. The maximum absolute atomic E-state index is 10.8. The van der Waals surface area contributed by atoms with Crippen molar-refractivity contribution in [3.05, 3.63) is 42.6 Å². The fraction of sp³-hybridized carbons (Fsp3) is 0. The van der Waals surface area contributed by atoms with Gasteiger partial charge in [-0.15, -0.1) is 0 Å². The van der Waals surface area contributed by atoms with Crippen LogP contribution in [-0.2, 0) is 0 Å². The fourth-order valence-corrected chi connectivity index (χ4v) is 2.30. The summed E-state index contributed by atoms with van der Waals surface area (Å²) in [6.07, 6.45) is 0.880. The van der Waals surface area contributed by atoms with E-state index in [1.165, 1.54) is 0 Å². The van der Waals surface area contributed by atoms with Crippen molar-refractivity contribution in [1.29, 1.82) is 0 Å². The largest absolute Gasteiger partial charge is 0.331 e. The Morgan fingerprint density at radius 3 is 2.21 bits per heavy atom. The van der Waals surface area contributed by atoms with Gasteiger partial charge >= 0.3 is 10.7 Å². The predicted octanol–water partition coefficient (Wildman–Crippen LogP) is 1.86. The Balaban J connectivity index is 2.67. The minimum Gasteiger partial charge on any atom is -0.270 e. The SMILES string of the molecule is O=[N+]([O-])c1cc([N+](=O)[O-])c(-c2[nH]ncc2[N+](=O)[O-])s1. The molecule has 0 atom stereocenters.